The highest BCUT2D eigenvalue weighted by Crippen LogP contribution is 2.32. The summed E-state index contributed by atoms with van der Waals surface area (Å²) < 4.78 is 0. The Labute approximate surface area is 117 Å². The second-order valence-electron chi connectivity index (χ2n) is 6.64. The second-order valence-corrected chi connectivity index (χ2v) is 6.64. The highest BCUT2D eigenvalue weighted by Gasteiger charge is 2.40. The molecule has 0 radical (unpaired) electrons. The van der Waals surface area contributed by atoms with Crippen molar-refractivity contribution in [1.82, 2.24) is 10.2 Å². The summed E-state index contributed by atoms with van der Waals surface area (Å²) in [4.78, 5) is 14.4. The molecule has 0 spiro atoms. The summed E-state index contributed by atoms with van der Waals surface area (Å²) in [5.41, 5.74) is 5.09. The number of hydrogen-bond acceptors (Lipinski definition) is 3. The number of rotatable bonds is 9. The van der Waals surface area contributed by atoms with Crippen LogP contribution in [0.5, 0.6) is 0 Å². The lowest BCUT2D eigenvalue weighted by atomic mass is 9.91. The van der Waals surface area contributed by atoms with Crippen LogP contribution >= 0.6 is 0 Å². The van der Waals surface area contributed by atoms with Crippen LogP contribution in [0.25, 0.3) is 0 Å². The van der Waals surface area contributed by atoms with E-state index in [9.17, 15) is 4.79 Å². The molecule has 2 unspecified atom stereocenters. The van der Waals surface area contributed by atoms with E-state index < -0.39 is 5.54 Å². The first-order valence-corrected chi connectivity index (χ1v) is 7.79. The Hall–Kier alpha value is -0.610. The standard InChI is InChI=1S/C15H29N3O/c1-4-9-18(13-7-8-13)11(2)10-15(3,14(16)19)17-12-5-6-12/h11-13,17H,4-10H2,1-3H3,(H2,16,19). The molecule has 0 aromatic rings. The van der Waals surface area contributed by atoms with Crippen LogP contribution in [0.4, 0.5) is 0 Å². The highest BCUT2D eigenvalue weighted by molar-refractivity contribution is 5.84. The summed E-state index contributed by atoms with van der Waals surface area (Å²) in [7, 11) is 0. The van der Waals surface area contributed by atoms with Crippen LogP contribution in [0.3, 0.4) is 0 Å². The molecule has 2 fully saturated rings. The summed E-state index contributed by atoms with van der Waals surface area (Å²) in [6.45, 7) is 7.56. The van der Waals surface area contributed by atoms with Crippen LogP contribution in [-0.2, 0) is 4.79 Å². The summed E-state index contributed by atoms with van der Waals surface area (Å²) >= 11 is 0. The van der Waals surface area contributed by atoms with Crippen LogP contribution in [-0.4, -0.2) is 41.0 Å². The molecule has 2 rings (SSSR count). The molecular weight excluding hydrogens is 238 g/mol. The summed E-state index contributed by atoms with van der Waals surface area (Å²) in [6.07, 6.45) is 6.97. The maximum absolute atomic E-state index is 11.8. The molecule has 3 N–H and O–H groups in total. The Morgan fingerprint density at radius 3 is 2.47 bits per heavy atom. The average Bonchev–Trinajstić information content (AvgIpc) is 3.18. The van der Waals surface area contributed by atoms with Gasteiger partial charge in [0.25, 0.3) is 0 Å². The van der Waals surface area contributed by atoms with Gasteiger partial charge in [-0.05, 0) is 58.9 Å². The fraction of sp³-hybridized carbons (Fsp3) is 0.933. The smallest absolute Gasteiger partial charge is 0.237 e. The van der Waals surface area contributed by atoms with E-state index in [1.807, 2.05) is 6.92 Å². The normalized spacial score (nSPS) is 24.2. The van der Waals surface area contributed by atoms with E-state index in [1.54, 1.807) is 0 Å². The molecule has 2 saturated carbocycles. The number of carbonyl (C=O) groups is 1. The maximum Gasteiger partial charge on any atom is 0.237 e. The summed E-state index contributed by atoms with van der Waals surface area (Å²) in [6, 6.07) is 1.66. The molecular formula is C15H29N3O. The number of nitrogens with zero attached hydrogens (tertiary/aromatic N) is 1. The first-order valence-electron chi connectivity index (χ1n) is 7.79. The molecule has 0 aromatic heterocycles. The van der Waals surface area contributed by atoms with E-state index in [0.717, 1.165) is 19.0 Å². The third kappa shape index (κ3) is 3.93. The van der Waals surface area contributed by atoms with E-state index in [1.165, 1.54) is 32.1 Å². The lowest BCUT2D eigenvalue weighted by Crippen LogP contribution is -2.57. The van der Waals surface area contributed by atoms with Crippen molar-refractivity contribution in [2.24, 2.45) is 5.73 Å². The molecule has 2 atom stereocenters. The van der Waals surface area contributed by atoms with E-state index >= 15 is 0 Å². The Kier molecular flexibility index (Phi) is 4.51. The van der Waals surface area contributed by atoms with E-state index in [0.29, 0.717) is 12.1 Å². The molecule has 0 aromatic carbocycles. The van der Waals surface area contributed by atoms with Gasteiger partial charge in [0.2, 0.25) is 5.91 Å². The number of hydrogen-bond donors (Lipinski definition) is 2. The molecule has 0 bridgehead atoms. The van der Waals surface area contributed by atoms with Gasteiger partial charge in [-0.3, -0.25) is 9.69 Å². The molecule has 4 heteroatoms. The van der Waals surface area contributed by atoms with Crippen LogP contribution in [0, 0.1) is 0 Å². The van der Waals surface area contributed by atoms with Crippen molar-refractivity contribution < 1.29 is 4.79 Å². The van der Waals surface area contributed by atoms with Gasteiger partial charge in [-0.15, -0.1) is 0 Å². The predicted molar refractivity (Wildman–Crippen MR) is 77.9 cm³/mol. The van der Waals surface area contributed by atoms with Crippen molar-refractivity contribution in [3.8, 4) is 0 Å². The third-order valence-electron chi connectivity index (χ3n) is 4.41. The Balaban J connectivity index is 1.95. The van der Waals surface area contributed by atoms with Crippen molar-refractivity contribution in [3.63, 3.8) is 0 Å². The minimum Gasteiger partial charge on any atom is -0.368 e. The van der Waals surface area contributed by atoms with Crippen molar-refractivity contribution in [2.75, 3.05) is 6.54 Å². The SMILES string of the molecule is CCCN(C(C)CC(C)(NC1CC1)C(N)=O)C1CC1. The Morgan fingerprint density at radius 2 is 2.05 bits per heavy atom. The van der Waals surface area contributed by atoms with Gasteiger partial charge in [-0.1, -0.05) is 6.92 Å². The zero-order valence-corrected chi connectivity index (χ0v) is 12.6. The third-order valence-corrected chi connectivity index (χ3v) is 4.41. The van der Waals surface area contributed by atoms with Crippen LogP contribution in [0.1, 0.15) is 59.3 Å². The summed E-state index contributed by atoms with van der Waals surface area (Å²) in [5, 5.41) is 3.45. The van der Waals surface area contributed by atoms with Crippen molar-refractivity contribution >= 4 is 5.91 Å². The first-order chi connectivity index (χ1) is 8.96. The number of nitrogens with two attached hydrogens (primary N) is 1. The number of nitrogens with one attached hydrogen (secondary N) is 1. The second kappa shape index (κ2) is 5.80. The highest BCUT2D eigenvalue weighted by atomic mass is 16.1. The van der Waals surface area contributed by atoms with Gasteiger partial charge >= 0.3 is 0 Å². The van der Waals surface area contributed by atoms with Crippen LogP contribution in [0.15, 0.2) is 0 Å². The maximum atomic E-state index is 11.8. The molecule has 0 saturated heterocycles. The van der Waals surface area contributed by atoms with Gasteiger partial charge in [0.05, 0.1) is 5.54 Å². The number of primary amides is 1. The molecule has 4 nitrogen and oxygen atoms in total. The quantitative estimate of drug-likeness (QED) is 0.667. The van der Waals surface area contributed by atoms with Gasteiger partial charge in [0, 0.05) is 18.1 Å². The van der Waals surface area contributed by atoms with E-state index in [-0.39, 0.29) is 5.91 Å². The van der Waals surface area contributed by atoms with E-state index in [4.69, 9.17) is 5.73 Å². The Bertz CT molecular complexity index is 325. The number of carbonyl (C=O) groups excluding carboxylic acids is 1. The fourth-order valence-electron chi connectivity index (χ4n) is 3.04. The molecule has 2 aliphatic rings. The van der Waals surface area contributed by atoms with Gasteiger partial charge in [-0.25, -0.2) is 0 Å². The topological polar surface area (TPSA) is 58.4 Å². The van der Waals surface area contributed by atoms with Crippen LogP contribution < -0.4 is 11.1 Å². The van der Waals surface area contributed by atoms with E-state index in [2.05, 4.69) is 24.1 Å². The monoisotopic (exact) mass is 267 g/mol. The van der Waals surface area contributed by atoms with Gasteiger partial charge in [0.15, 0.2) is 0 Å². The fourth-order valence-corrected chi connectivity index (χ4v) is 3.04. The zero-order valence-electron chi connectivity index (χ0n) is 12.6. The first kappa shape index (κ1) is 14.8. The molecule has 1 amide bonds. The zero-order chi connectivity index (χ0) is 14.0. The van der Waals surface area contributed by atoms with Crippen LogP contribution in [0.2, 0.25) is 0 Å². The van der Waals surface area contributed by atoms with Crippen molar-refractivity contribution in [2.45, 2.75) is 83.0 Å². The molecule has 19 heavy (non-hydrogen) atoms. The molecule has 2 aliphatic carbocycles. The van der Waals surface area contributed by atoms with Gasteiger partial charge in [0.1, 0.15) is 0 Å². The van der Waals surface area contributed by atoms with Gasteiger partial charge < -0.3 is 11.1 Å². The minimum atomic E-state index is -0.554. The average molecular weight is 267 g/mol. The molecule has 0 heterocycles. The lowest BCUT2D eigenvalue weighted by Gasteiger charge is -2.36. The lowest BCUT2D eigenvalue weighted by molar-refractivity contribution is -0.124. The minimum absolute atomic E-state index is 0.210. The van der Waals surface area contributed by atoms with Gasteiger partial charge in [-0.2, -0.15) is 0 Å². The van der Waals surface area contributed by atoms with Crippen molar-refractivity contribution in [1.29, 1.82) is 0 Å². The predicted octanol–water partition coefficient (Wildman–Crippen LogP) is 1.64. The van der Waals surface area contributed by atoms with Crippen molar-refractivity contribution in [3.05, 3.63) is 0 Å². The summed E-state index contributed by atoms with van der Waals surface area (Å²) in [5.74, 6) is -0.210. The molecule has 110 valence electrons. The largest absolute Gasteiger partial charge is 0.368 e. The number of amides is 1. The Morgan fingerprint density at radius 1 is 1.42 bits per heavy atom. The molecule has 0 aliphatic heterocycles.